The van der Waals surface area contributed by atoms with Crippen LogP contribution in [0.15, 0.2) is 18.2 Å². The van der Waals surface area contributed by atoms with Gasteiger partial charge in [-0.25, -0.2) is 0 Å². The molecule has 0 saturated carbocycles. The number of fused-ring (bicyclic) bond motifs is 3. The lowest BCUT2D eigenvalue weighted by molar-refractivity contribution is -0.151. The van der Waals surface area contributed by atoms with E-state index in [9.17, 15) is 14.4 Å². The van der Waals surface area contributed by atoms with Gasteiger partial charge in [-0.1, -0.05) is 0 Å². The van der Waals surface area contributed by atoms with E-state index in [0.717, 1.165) is 42.9 Å². The molecule has 0 aromatic heterocycles. The van der Waals surface area contributed by atoms with Crippen molar-refractivity contribution in [1.29, 1.82) is 0 Å². The fourth-order valence-corrected chi connectivity index (χ4v) is 5.77. The molecule has 8 nitrogen and oxygen atoms in total. The molecular formula is C24H34N4O4. The predicted octanol–water partition coefficient (Wildman–Crippen LogP) is 1.39. The third kappa shape index (κ3) is 3.79. The minimum absolute atomic E-state index is 0.0454. The number of ether oxygens (including phenoxy) is 1. The Hall–Kier alpha value is -2.45. The van der Waals surface area contributed by atoms with Crippen LogP contribution in [0.2, 0.25) is 0 Å². The van der Waals surface area contributed by atoms with Gasteiger partial charge >= 0.3 is 0 Å². The van der Waals surface area contributed by atoms with Crippen LogP contribution >= 0.6 is 0 Å². The van der Waals surface area contributed by atoms with Crippen LogP contribution in [-0.4, -0.2) is 61.5 Å². The van der Waals surface area contributed by atoms with Crippen LogP contribution in [0.4, 0.5) is 11.4 Å². The minimum Gasteiger partial charge on any atom is -0.372 e. The van der Waals surface area contributed by atoms with Gasteiger partial charge in [0.2, 0.25) is 11.8 Å². The second-order valence-corrected chi connectivity index (χ2v) is 9.60. The van der Waals surface area contributed by atoms with E-state index in [0.29, 0.717) is 6.54 Å². The summed E-state index contributed by atoms with van der Waals surface area (Å²) in [6, 6.07) is 6.08. The Kier molecular flexibility index (Phi) is 6.02. The highest BCUT2D eigenvalue weighted by atomic mass is 16.5. The van der Waals surface area contributed by atoms with Gasteiger partial charge in [0.15, 0.2) is 0 Å². The Morgan fingerprint density at radius 3 is 2.47 bits per heavy atom. The molecule has 2 saturated heterocycles. The normalized spacial score (nSPS) is 30.3. The first-order chi connectivity index (χ1) is 15.1. The van der Waals surface area contributed by atoms with Crippen molar-refractivity contribution in [2.45, 2.75) is 71.2 Å². The molecule has 4 atom stereocenters. The summed E-state index contributed by atoms with van der Waals surface area (Å²) in [5, 5.41) is 2.41. The molecule has 3 aliphatic rings. The van der Waals surface area contributed by atoms with E-state index in [1.807, 2.05) is 13.8 Å². The van der Waals surface area contributed by atoms with Crippen molar-refractivity contribution in [1.82, 2.24) is 5.32 Å². The van der Waals surface area contributed by atoms with E-state index in [-0.39, 0.29) is 30.5 Å². The summed E-state index contributed by atoms with van der Waals surface area (Å²) in [5.74, 6) is -1.27. The van der Waals surface area contributed by atoms with Crippen molar-refractivity contribution in [3.63, 3.8) is 0 Å². The van der Waals surface area contributed by atoms with Crippen molar-refractivity contribution >= 4 is 29.0 Å². The summed E-state index contributed by atoms with van der Waals surface area (Å²) in [6.45, 7) is 8.99. The molecule has 4 rings (SSSR count). The maximum Gasteiger partial charge on any atom is 0.242 e. The van der Waals surface area contributed by atoms with Crippen LogP contribution < -0.4 is 20.9 Å². The smallest absolute Gasteiger partial charge is 0.242 e. The van der Waals surface area contributed by atoms with Gasteiger partial charge in [0.1, 0.15) is 11.2 Å². The first kappa shape index (κ1) is 22.7. The number of piperidine rings is 1. The number of anilines is 2. The quantitative estimate of drug-likeness (QED) is 0.682. The second kappa shape index (κ2) is 8.48. The first-order valence-corrected chi connectivity index (χ1v) is 11.5. The summed E-state index contributed by atoms with van der Waals surface area (Å²) in [4.78, 5) is 42.8. The van der Waals surface area contributed by atoms with Crippen LogP contribution in [0.5, 0.6) is 0 Å². The fraction of sp³-hybridized carbons (Fsp3) is 0.625. The zero-order chi connectivity index (χ0) is 23.2. The molecule has 0 spiro atoms. The fourth-order valence-electron chi connectivity index (χ4n) is 5.77. The zero-order valence-corrected chi connectivity index (χ0v) is 19.4. The Bertz CT molecular complexity index is 927. The molecule has 174 valence electrons. The van der Waals surface area contributed by atoms with Gasteiger partial charge in [-0.05, 0) is 63.8 Å². The average molecular weight is 443 g/mol. The molecule has 0 radical (unpaired) electrons. The molecule has 2 fully saturated rings. The van der Waals surface area contributed by atoms with Crippen LogP contribution in [0.1, 0.15) is 46.1 Å². The topological polar surface area (TPSA) is 105 Å². The lowest BCUT2D eigenvalue weighted by Gasteiger charge is -2.55. The van der Waals surface area contributed by atoms with Crippen molar-refractivity contribution in [3.05, 3.63) is 23.8 Å². The third-order valence-electron chi connectivity index (χ3n) is 7.26. The molecule has 32 heavy (non-hydrogen) atoms. The van der Waals surface area contributed by atoms with E-state index in [1.165, 1.54) is 13.8 Å². The Labute approximate surface area is 189 Å². The molecule has 1 aromatic rings. The van der Waals surface area contributed by atoms with Gasteiger partial charge < -0.3 is 20.3 Å². The molecule has 3 aliphatic heterocycles. The lowest BCUT2D eigenvalue weighted by Crippen LogP contribution is -2.69. The second-order valence-electron chi connectivity index (χ2n) is 9.60. The number of amides is 2. The summed E-state index contributed by atoms with van der Waals surface area (Å²) in [5.41, 5.74) is 7.72. The molecule has 0 unspecified atom stereocenters. The van der Waals surface area contributed by atoms with E-state index in [1.54, 1.807) is 0 Å². The van der Waals surface area contributed by atoms with Gasteiger partial charge in [0.05, 0.1) is 18.2 Å². The standard InChI is InChI=1S/C24H34N4O4/c1-14-13-28-21-6-5-20(27-9-7-19(25)8-10-27)11-18(21)12-24(16(3)29,22(28)15(2)32-14)23(31)26-17(4)30/h5-6,11,14-15,19,22H,7-10,12-13,25H2,1-4H3,(H,26,30,31)/t14-,15+,22-,24+/m1/s1. The van der Waals surface area contributed by atoms with E-state index >= 15 is 0 Å². The van der Waals surface area contributed by atoms with Crippen LogP contribution in [-0.2, 0) is 25.5 Å². The van der Waals surface area contributed by atoms with E-state index in [2.05, 4.69) is 33.3 Å². The minimum atomic E-state index is -1.40. The van der Waals surface area contributed by atoms with Gasteiger partial charge in [-0.2, -0.15) is 0 Å². The van der Waals surface area contributed by atoms with Crippen LogP contribution in [0, 0.1) is 5.41 Å². The lowest BCUT2D eigenvalue weighted by atomic mass is 9.65. The van der Waals surface area contributed by atoms with Crippen LogP contribution in [0.25, 0.3) is 0 Å². The number of carbonyl (C=O) groups is 3. The average Bonchev–Trinajstić information content (AvgIpc) is 2.72. The number of nitrogens with two attached hydrogens (primary N) is 1. The van der Waals surface area contributed by atoms with Gasteiger partial charge in [-0.15, -0.1) is 0 Å². The van der Waals surface area contributed by atoms with E-state index < -0.39 is 23.3 Å². The molecule has 0 aliphatic carbocycles. The number of ketones is 1. The zero-order valence-electron chi connectivity index (χ0n) is 19.4. The van der Waals surface area contributed by atoms with Gasteiger partial charge in [-0.3, -0.25) is 19.7 Å². The highest BCUT2D eigenvalue weighted by Crippen LogP contribution is 2.47. The number of hydrogen-bond acceptors (Lipinski definition) is 7. The number of nitrogens with zero attached hydrogens (tertiary/aromatic N) is 2. The molecular weight excluding hydrogens is 408 g/mol. The summed E-state index contributed by atoms with van der Waals surface area (Å²) in [7, 11) is 0. The van der Waals surface area contributed by atoms with Crippen molar-refractivity contribution in [2.24, 2.45) is 11.1 Å². The van der Waals surface area contributed by atoms with Crippen molar-refractivity contribution in [2.75, 3.05) is 29.4 Å². The number of morpholine rings is 1. The summed E-state index contributed by atoms with van der Waals surface area (Å²) >= 11 is 0. The summed E-state index contributed by atoms with van der Waals surface area (Å²) < 4.78 is 6.08. The largest absolute Gasteiger partial charge is 0.372 e. The molecule has 8 heteroatoms. The maximum absolute atomic E-state index is 13.4. The number of hydrogen-bond donors (Lipinski definition) is 2. The van der Waals surface area contributed by atoms with Gasteiger partial charge in [0.25, 0.3) is 0 Å². The molecule has 0 bridgehead atoms. The first-order valence-electron chi connectivity index (χ1n) is 11.5. The molecule has 3 heterocycles. The van der Waals surface area contributed by atoms with Gasteiger partial charge in [0, 0.05) is 44.0 Å². The Morgan fingerprint density at radius 1 is 1.16 bits per heavy atom. The third-order valence-corrected chi connectivity index (χ3v) is 7.26. The highest BCUT2D eigenvalue weighted by Gasteiger charge is 2.59. The molecule has 2 amide bonds. The molecule has 3 N–H and O–H groups in total. The Balaban J connectivity index is 1.80. The number of carbonyl (C=O) groups excluding carboxylic acids is 3. The highest BCUT2D eigenvalue weighted by molar-refractivity contribution is 6.11. The predicted molar refractivity (Wildman–Crippen MR) is 123 cm³/mol. The number of benzene rings is 1. The SMILES string of the molecule is CC(=O)NC(=O)[C@]1(C(C)=O)Cc2cc(N3CCC(N)CC3)ccc2N2C[C@@H](C)O[C@@H](C)[C@@H]21. The summed E-state index contributed by atoms with van der Waals surface area (Å²) in [6.07, 6.45) is 1.72. The number of rotatable bonds is 3. The Morgan fingerprint density at radius 2 is 1.84 bits per heavy atom. The maximum atomic E-state index is 13.4. The van der Waals surface area contributed by atoms with E-state index in [4.69, 9.17) is 10.5 Å². The van der Waals surface area contributed by atoms with Crippen LogP contribution in [0.3, 0.4) is 0 Å². The van der Waals surface area contributed by atoms with Crippen molar-refractivity contribution < 1.29 is 19.1 Å². The number of Topliss-reactive ketones (excluding diaryl/α,β-unsaturated/α-hetero) is 1. The number of imide groups is 1. The molecule has 1 aromatic carbocycles. The van der Waals surface area contributed by atoms with Crippen molar-refractivity contribution in [3.8, 4) is 0 Å². The number of nitrogens with one attached hydrogen (secondary N) is 1. The monoisotopic (exact) mass is 442 g/mol.